The average Bonchev–Trinajstić information content (AvgIpc) is 2.43. The topological polar surface area (TPSA) is 97.5 Å². The van der Waals surface area contributed by atoms with Crippen LogP contribution < -0.4 is 20.8 Å². The lowest BCUT2D eigenvalue weighted by Gasteiger charge is -2.27. The lowest BCUT2D eigenvalue weighted by atomic mass is 10.2. The lowest BCUT2D eigenvalue weighted by molar-refractivity contribution is 0.414. The number of nitrogens with two attached hydrogens (primary N) is 2. The van der Waals surface area contributed by atoms with Gasteiger partial charge >= 0.3 is 11.1 Å². The number of ether oxygens (including phenoxy) is 1. The van der Waals surface area contributed by atoms with Crippen molar-refractivity contribution >= 4 is 34.7 Å². The predicted octanol–water partition coefficient (Wildman–Crippen LogP) is 1.93. The summed E-state index contributed by atoms with van der Waals surface area (Å²) in [5.74, 6) is 0.435. The van der Waals surface area contributed by atoms with Gasteiger partial charge in [0.25, 0.3) is 0 Å². The zero-order valence-electron chi connectivity index (χ0n) is 11.9. The van der Waals surface area contributed by atoms with E-state index < -0.39 is 4.59 Å². The van der Waals surface area contributed by atoms with Crippen molar-refractivity contribution in [3.8, 4) is 5.75 Å². The summed E-state index contributed by atoms with van der Waals surface area (Å²) in [6.45, 7) is 3.80. The molecule has 1 atom stereocenters. The van der Waals surface area contributed by atoms with E-state index in [9.17, 15) is 0 Å². The van der Waals surface area contributed by atoms with Gasteiger partial charge in [-0.05, 0) is 30.1 Å². The molecule has 0 aliphatic heterocycles. The van der Waals surface area contributed by atoms with Crippen molar-refractivity contribution in [3.05, 3.63) is 24.3 Å². The zero-order chi connectivity index (χ0) is 15.3. The van der Waals surface area contributed by atoms with Crippen LogP contribution in [0.15, 0.2) is 29.4 Å². The summed E-state index contributed by atoms with van der Waals surface area (Å²) in [6, 6.07) is 6.98. The third kappa shape index (κ3) is 2.94. The van der Waals surface area contributed by atoms with Gasteiger partial charge in [0.1, 0.15) is 5.75 Å². The molecule has 0 saturated heterocycles. The molecule has 0 fully saturated rings. The van der Waals surface area contributed by atoms with Crippen molar-refractivity contribution < 1.29 is 4.74 Å². The molecule has 0 aromatic heterocycles. The molecule has 1 aromatic rings. The van der Waals surface area contributed by atoms with Crippen molar-refractivity contribution in [2.24, 2.45) is 16.6 Å². The van der Waals surface area contributed by atoms with Crippen LogP contribution in [0, 0.1) is 5.41 Å². The number of hydrogen-bond donors (Lipinski definition) is 3. The smallest absolute Gasteiger partial charge is 0.332 e. The Bertz CT molecular complexity index is 524. The standard InChI is InChI=1S/C13H19N5OS/c1-4-9(2)17-18(12(14)15,13(16)20)10-5-7-11(19-3)8-6-10/h5-8H,4H2,1-3H3,(H4-,14,15,16,20)/p+1/b17-9+. The average molecular weight is 294 g/mol. The molecule has 0 bridgehead atoms. The summed E-state index contributed by atoms with van der Waals surface area (Å²) >= 11 is 5.11. The third-order valence-electron chi connectivity index (χ3n) is 2.95. The van der Waals surface area contributed by atoms with E-state index in [0.29, 0.717) is 17.9 Å². The van der Waals surface area contributed by atoms with E-state index in [0.717, 1.165) is 5.71 Å². The largest absolute Gasteiger partial charge is 0.497 e. The third-order valence-corrected chi connectivity index (χ3v) is 3.21. The predicted molar refractivity (Wildman–Crippen MR) is 86.9 cm³/mol. The number of methoxy groups -OCH3 is 1. The SMILES string of the molecule is CC/C(C)=N/[N+](C(=N)N)(C(N)=S)c1ccc(OC)cc1. The molecule has 0 saturated carbocycles. The van der Waals surface area contributed by atoms with Gasteiger partial charge in [0.2, 0.25) is 0 Å². The van der Waals surface area contributed by atoms with Crippen LogP contribution >= 0.6 is 12.2 Å². The maximum atomic E-state index is 7.88. The first-order valence-corrected chi connectivity index (χ1v) is 6.53. The molecule has 1 unspecified atom stereocenters. The summed E-state index contributed by atoms with van der Waals surface area (Å²) in [4.78, 5) is 0. The summed E-state index contributed by atoms with van der Waals surface area (Å²) < 4.78 is 4.61. The van der Waals surface area contributed by atoms with E-state index >= 15 is 0 Å². The van der Waals surface area contributed by atoms with Gasteiger partial charge in [-0.15, -0.1) is 0 Å². The molecular formula is C13H20N5OS+. The van der Waals surface area contributed by atoms with Crippen molar-refractivity contribution in [1.29, 1.82) is 5.41 Å². The molecule has 0 radical (unpaired) electrons. The number of guanidine groups is 1. The van der Waals surface area contributed by atoms with E-state index in [1.54, 1.807) is 31.4 Å². The number of hydrogen-bond acceptors (Lipinski definition) is 4. The number of benzene rings is 1. The molecular weight excluding hydrogens is 274 g/mol. The number of thiocarbonyl (C=S) groups is 1. The van der Waals surface area contributed by atoms with Crippen molar-refractivity contribution in [2.75, 3.05) is 7.11 Å². The van der Waals surface area contributed by atoms with E-state index in [2.05, 4.69) is 5.10 Å². The second-order valence-corrected chi connectivity index (χ2v) is 4.66. The molecule has 0 heterocycles. The molecule has 0 aliphatic carbocycles. The molecule has 1 rings (SSSR count). The number of nitrogens with zero attached hydrogens (tertiary/aromatic N) is 2. The van der Waals surface area contributed by atoms with E-state index in [1.165, 1.54) is 0 Å². The Balaban J connectivity index is 3.49. The highest BCUT2D eigenvalue weighted by molar-refractivity contribution is 7.80. The van der Waals surface area contributed by atoms with Gasteiger partial charge in [-0.1, -0.05) is 12.0 Å². The number of quaternary nitrogens is 1. The monoisotopic (exact) mass is 294 g/mol. The Morgan fingerprint density at radius 3 is 2.25 bits per heavy atom. The highest BCUT2D eigenvalue weighted by Crippen LogP contribution is 2.27. The van der Waals surface area contributed by atoms with Gasteiger partial charge in [0.15, 0.2) is 5.69 Å². The minimum atomic E-state index is -0.501. The Hall–Kier alpha value is -1.99. The summed E-state index contributed by atoms with van der Waals surface area (Å²) in [5.41, 5.74) is 12.9. The van der Waals surface area contributed by atoms with Crippen molar-refractivity contribution in [3.63, 3.8) is 0 Å². The molecule has 0 amide bonds. The van der Waals surface area contributed by atoms with Crippen LogP contribution in [-0.2, 0) is 0 Å². The van der Waals surface area contributed by atoms with Crippen LogP contribution in [0.2, 0.25) is 0 Å². The molecule has 108 valence electrons. The van der Waals surface area contributed by atoms with Crippen molar-refractivity contribution in [1.82, 2.24) is 4.59 Å². The molecule has 0 spiro atoms. The number of rotatable bonds is 4. The van der Waals surface area contributed by atoms with Crippen LogP contribution in [0.3, 0.4) is 0 Å². The van der Waals surface area contributed by atoms with Crippen LogP contribution in [0.1, 0.15) is 20.3 Å². The zero-order valence-corrected chi connectivity index (χ0v) is 12.7. The Morgan fingerprint density at radius 1 is 1.35 bits per heavy atom. The Kier molecular flexibility index (Phi) is 5.18. The first-order chi connectivity index (χ1) is 9.38. The van der Waals surface area contributed by atoms with Gasteiger partial charge in [-0.25, -0.2) is 5.41 Å². The van der Waals surface area contributed by atoms with E-state index in [1.807, 2.05) is 13.8 Å². The first-order valence-electron chi connectivity index (χ1n) is 6.12. The summed E-state index contributed by atoms with van der Waals surface area (Å²) in [7, 11) is 1.58. The molecule has 7 heteroatoms. The first kappa shape index (κ1) is 16.1. The van der Waals surface area contributed by atoms with Crippen LogP contribution in [0.25, 0.3) is 0 Å². The molecule has 20 heavy (non-hydrogen) atoms. The van der Waals surface area contributed by atoms with Gasteiger partial charge in [0, 0.05) is 24.4 Å². The molecule has 1 aromatic carbocycles. The minimum Gasteiger partial charge on any atom is -0.497 e. The van der Waals surface area contributed by atoms with E-state index in [4.69, 9.17) is 33.8 Å². The number of nitrogens with one attached hydrogen (secondary N) is 1. The van der Waals surface area contributed by atoms with Crippen LogP contribution in [0.5, 0.6) is 5.75 Å². The van der Waals surface area contributed by atoms with Crippen LogP contribution in [-0.4, -0.2) is 23.9 Å². The van der Waals surface area contributed by atoms with Gasteiger partial charge < -0.3 is 16.2 Å². The minimum absolute atomic E-state index is 0.00420. The maximum Gasteiger partial charge on any atom is 0.332 e. The second kappa shape index (κ2) is 6.44. The lowest BCUT2D eigenvalue weighted by Crippen LogP contribution is -2.60. The fraction of sp³-hybridized carbons (Fsp3) is 0.308. The second-order valence-electron chi connectivity index (χ2n) is 4.25. The fourth-order valence-electron chi connectivity index (χ4n) is 1.67. The Labute approximate surface area is 124 Å². The van der Waals surface area contributed by atoms with Crippen molar-refractivity contribution in [2.45, 2.75) is 20.3 Å². The quantitative estimate of drug-likeness (QED) is 0.260. The van der Waals surface area contributed by atoms with Crippen LogP contribution in [0.4, 0.5) is 5.69 Å². The highest BCUT2D eigenvalue weighted by atomic mass is 32.1. The molecule has 5 N–H and O–H groups in total. The normalized spacial score (nSPS) is 14.4. The summed E-state index contributed by atoms with van der Waals surface area (Å²) in [6.07, 6.45) is 0.714. The highest BCUT2D eigenvalue weighted by Gasteiger charge is 2.40. The fourth-order valence-corrected chi connectivity index (χ4v) is 1.92. The Morgan fingerprint density at radius 2 is 1.90 bits per heavy atom. The van der Waals surface area contributed by atoms with Gasteiger partial charge in [-0.2, -0.15) is 0 Å². The molecule has 0 aliphatic rings. The molecule has 6 nitrogen and oxygen atoms in total. The maximum absolute atomic E-state index is 7.88. The summed E-state index contributed by atoms with van der Waals surface area (Å²) in [5, 5.41) is 12.3. The van der Waals surface area contributed by atoms with E-state index in [-0.39, 0.29) is 11.1 Å². The van der Waals surface area contributed by atoms with Gasteiger partial charge in [-0.3, -0.25) is 0 Å². The van der Waals surface area contributed by atoms with Gasteiger partial charge in [0.05, 0.1) is 12.8 Å².